The van der Waals surface area contributed by atoms with Crippen LogP contribution in [0.3, 0.4) is 0 Å². The van der Waals surface area contributed by atoms with Crippen LogP contribution in [0.1, 0.15) is 36.3 Å². The second-order valence-corrected chi connectivity index (χ2v) is 9.55. The predicted molar refractivity (Wildman–Crippen MR) is 122 cm³/mol. The van der Waals surface area contributed by atoms with Crippen LogP contribution in [0, 0.1) is 0 Å². The minimum atomic E-state index is -0.163. The Kier molecular flexibility index (Phi) is 5.73. The molecule has 5 rings (SSSR count). The maximum absolute atomic E-state index is 12.7. The van der Waals surface area contributed by atoms with Crippen molar-refractivity contribution in [3.8, 4) is 11.5 Å². The van der Waals surface area contributed by atoms with Gasteiger partial charge in [-0.05, 0) is 68.8 Å². The fourth-order valence-corrected chi connectivity index (χ4v) is 5.46. The van der Waals surface area contributed by atoms with Gasteiger partial charge in [-0.1, -0.05) is 17.7 Å². The number of halogens is 1. The van der Waals surface area contributed by atoms with Crippen molar-refractivity contribution in [2.45, 2.75) is 38.3 Å². The van der Waals surface area contributed by atoms with Crippen LogP contribution in [-0.4, -0.2) is 41.7 Å². The molecule has 3 heterocycles. The first-order valence-corrected chi connectivity index (χ1v) is 11.7. The Bertz CT molecular complexity index is 1110. The molecule has 0 bridgehead atoms. The molecule has 31 heavy (non-hydrogen) atoms. The molecule has 1 unspecified atom stereocenters. The first-order valence-electron chi connectivity index (χ1n) is 10.5. The second-order valence-electron chi connectivity index (χ2n) is 8.06. The summed E-state index contributed by atoms with van der Waals surface area (Å²) in [4.78, 5) is 19.8. The minimum Gasteiger partial charge on any atom is -0.454 e. The third-order valence-corrected chi connectivity index (χ3v) is 7.51. The number of aromatic nitrogens is 1. The lowest BCUT2D eigenvalue weighted by molar-refractivity contribution is -0.126. The van der Waals surface area contributed by atoms with E-state index in [4.69, 9.17) is 26.1 Å². The molecule has 2 aromatic carbocycles. The molecule has 8 heteroatoms. The highest BCUT2D eigenvalue weighted by Crippen LogP contribution is 2.35. The summed E-state index contributed by atoms with van der Waals surface area (Å²) in [6.45, 7) is 4.49. The number of thiazole rings is 1. The standard InChI is InChI=1S/C23H24ClN3O3S/c1-14(22(28)25-12-15-2-4-19-20(10-15)30-13-29-19)27-8-6-16(7-9-27)23-26-18-11-17(24)3-5-21(18)31-23/h2-5,10-11,14,16H,6-9,12-13H2,1H3,(H,25,28). The number of piperidine rings is 1. The number of carbonyl (C=O) groups excluding carboxylic acids is 1. The monoisotopic (exact) mass is 457 g/mol. The lowest BCUT2D eigenvalue weighted by Gasteiger charge is -2.34. The molecule has 0 spiro atoms. The molecule has 0 radical (unpaired) electrons. The van der Waals surface area contributed by atoms with Gasteiger partial charge in [-0.15, -0.1) is 11.3 Å². The quantitative estimate of drug-likeness (QED) is 0.608. The highest BCUT2D eigenvalue weighted by molar-refractivity contribution is 7.18. The van der Waals surface area contributed by atoms with Crippen molar-refractivity contribution in [3.63, 3.8) is 0 Å². The zero-order chi connectivity index (χ0) is 21.4. The largest absolute Gasteiger partial charge is 0.454 e. The van der Waals surface area contributed by atoms with E-state index in [1.54, 1.807) is 11.3 Å². The highest BCUT2D eigenvalue weighted by Gasteiger charge is 2.28. The minimum absolute atomic E-state index is 0.0470. The van der Waals surface area contributed by atoms with E-state index in [1.807, 2.05) is 43.3 Å². The van der Waals surface area contributed by atoms with Crippen LogP contribution in [0.4, 0.5) is 0 Å². The predicted octanol–water partition coefficient (Wildman–Crippen LogP) is 4.56. The highest BCUT2D eigenvalue weighted by atomic mass is 35.5. The Labute approximate surface area is 190 Å². The zero-order valence-electron chi connectivity index (χ0n) is 17.3. The van der Waals surface area contributed by atoms with E-state index in [1.165, 1.54) is 9.71 Å². The van der Waals surface area contributed by atoms with Gasteiger partial charge in [0.25, 0.3) is 0 Å². The third-order valence-electron chi connectivity index (χ3n) is 6.08. The summed E-state index contributed by atoms with van der Waals surface area (Å²) in [6, 6.07) is 11.5. The van der Waals surface area contributed by atoms with Crippen LogP contribution >= 0.6 is 22.9 Å². The molecule has 1 atom stereocenters. The molecule has 0 saturated carbocycles. The van der Waals surface area contributed by atoms with Crippen LogP contribution in [0.15, 0.2) is 36.4 Å². The number of hydrogen-bond acceptors (Lipinski definition) is 6. The molecular formula is C23H24ClN3O3S. The van der Waals surface area contributed by atoms with Gasteiger partial charge in [-0.3, -0.25) is 9.69 Å². The van der Waals surface area contributed by atoms with Crippen LogP contribution in [0.25, 0.3) is 10.2 Å². The van der Waals surface area contributed by atoms with Crippen molar-refractivity contribution in [1.29, 1.82) is 0 Å². The van der Waals surface area contributed by atoms with Crippen LogP contribution in [-0.2, 0) is 11.3 Å². The summed E-state index contributed by atoms with van der Waals surface area (Å²) in [5.74, 6) is 1.98. The molecule has 0 aliphatic carbocycles. The van der Waals surface area contributed by atoms with Crippen molar-refractivity contribution in [1.82, 2.24) is 15.2 Å². The van der Waals surface area contributed by atoms with E-state index in [-0.39, 0.29) is 18.7 Å². The Balaban J connectivity index is 1.14. The summed E-state index contributed by atoms with van der Waals surface area (Å²) in [5, 5.41) is 4.95. The smallest absolute Gasteiger partial charge is 0.237 e. The molecule has 3 aromatic rings. The number of nitrogens with zero attached hydrogens (tertiary/aromatic N) is 2. The topological polar surface area (TPSA) is 63.7 Å². The van der Waals surface area contributed by atoms with Crippen molar-refractivity contribution in [3.05, 3.63) is 52.0 Å². The second kappa shape index (κ2) is 8.65. The van der Waals surface area contributed by atoms with E-state index in [9.17, 15) is 4.79 Å². The van der Waals surface area contributed by atoms with Crippen molar-refractivity contribution in [2.24, 2.45) is 0 Å². The van der Waals surface area contributed by atoms with E-state index >= 15 is 0 Å². The van der Waals surface area contributed by atoms with E-state index in [2.05, 4.69) is 10.2 Å². The summed E-state index contributed by atoms with van der Waals surface area (Å²) in [5.41, 5.74) is 1.98. The van der Waals surface area contributed by atoms with Crippen molar-refractivity contribution >= 4 is 39.1 Å². The fourth-order valence-electron chi connectivity index (χ4n) is 4.18. The molecule has 2 aliphatic rings. The van der Waals surface area contributed by atoms with E-state index in [0.717, 1.165) is 53.5 Å². The van der Waals surface area contributed by atoms with Gasteiger partial charge in [0.2, 0.25) is 12.7 Å². The number of carbonyl (C=O) groups is 1. The third kappa shape index (κ3) is 4.35. The first kappa shape index (κ1) is 20.5. The Morgan fingerprint density at radius 1 is 1.23 bits per heavy atom. The summed E-state index contributed by atoms with van der Waals surface area (Å²) >= 11 is 7.85. The molecule has 1 amide bonds. The molecule has 1 saturated heterocycles. The van der Waals surface area contributed by atoms with Gasteiger partial charge in [0.15, 0.2) is 11.5 Å². The molecule has 1 N–H and O–H groups in total. The number of fused-ring (bicyclic) bond motifs is 2. The Morgan fingerprint density at radius 3 is 2.87 bits per heavy atom. The van der Waals surface area contributed by atoms with Crippen LogP contribution < -0.4 is 14.8 Å². The van der Waals surface area contributed by atoms with Gasteiger partial charge < -0.3 is 14.8 Å². The van der Waals surface area contributed by atoms with Crippen molar-refractivity contribution in [2.75, 3.05) is 19.9 Å². The molecule has 162 valence electrons. The van der Waals surface area contributed by atoms with Crippen LogP contribution in [0.2, 0.25) is 5.02 Å². The normalized spacial score (nSPS) is 17.7. The number of hydrogen-bond donors (Lipinski definition) is 1. The van der Waals surface area contributed by atoms with E-state index in [0.29, 0.717) is 12.5 Å². The number of ether oxygens (including phenoxy) is 2. The molecular weight excluding hydrogens is 434 g/mol. The molecule has 2 aliphatic heterocycles. The lowest BCUT2D eigenvalue weighted by atomic mass is 9.96. The number of likely N-dealkylation sites (tertiary alicyclic amines) is 1. The number of amides is 1. The molecule has 1 fully saturated rings. The average molecular weight is 458 g/mol. The summed E-state index contributed by atoms with van der Waals surface area (Å²) < 4.78 is 11.9. The SMILES string of the molecule is CC(C(=O)NCc1ccc2c(c1)OCO2)N1CCC(c2nc3cc(Cl)ccc3s2)CC1. The van der Waals surface area contributed by atoms with Crippen molar-refractivity contribution < 1.29 is 14.3 Å². The Morgan fingerprint density at radius 2 is 2.03 bits per heavy atom. The number of rotatable bonds is 5. The van der Waals surface area contributed by atoms with E-state index < -0.39 is 0 Å². The lowest BCUT2D eigenvalue weighted by Crippen LogP contribution is -2.47. The fraction of sp³-hybridized carbons (Fsp3) is 0.391. The van der Waals surface area contributed by atoms with Gasteiger partial charge >= 0.3 is 0 Å². The van der Waals surface area contributed by atoms with Gasteiger partial charge in [-0.2, -0.15) is 0 Å². The number of benzene rings is 2. The maximum Gasteiger partial charge on any atom is 0.237 e. The average Bonchev–Trinajstić information content (AvgIpc) is 3.43. The summed E-state index contributed by atoms with van der Waals surface area (Å²) in [6.07, 6.45) is 2.01. The zero-order valence-corrected chi connectivity index (χ0v) is 18.8. The van der Waals surface area contributed by atoms with Gasteiger partial charge in [0, 0.05) is 17.5 Å². The van der Waals surface area contributed by atoms with Gasteiger partial charge in [-0.25, -0.2) is 4.98 Å². The molecule has 1 aromatic heterocycles. The molecule has 6 nitrogen and oxygen atoms in total. The number of nitrogens with one attached hydrogen (secondary N) is 1. The maximum atomic E-state index is 12.7. The Hall–Kier alpha value is -2.35. The van der Waals surface area contributed by atoms with Gasteiger partial charge in [0.05, 0.1) is 21.3 Å². The summed E-state index contributed by atoms with van der Waals surface area (Å²) in [7, 11) is 0. The van der Waals surface area contributed by atoms with Gasteiger partial charge in [0.1, 0.15) is 0 Å². The first-order chi connectivity index (χ1) is 15.1. The van der Waals surface area contributed by atoms with Crippen LogP contribution in [0.5, 0.6) is 11.5 Å².